The fourth-order valence-electron chi connectivity index (χ4n) is 2.55. The van der Waals surface area contributed by atoms with Crippen LogP contribution in [0.5, 0.6) is 0 Å². The smallest absolute Gasteiger partial charge is 0.387 e. The Morgan fingerprint density at radius 1 is 1.19 bits per heavy atom. The monoisotopic (exact) mass is 427 g/mol. The molecule has 2 aromatic heterocycles. The number of rotatable bonds is 6. The summed E-state index contributed by atoms with van der Waals surface area (Å²) < 4.78 is 37.5. The molecule has 0 spiro atoms. The van der Waals surface area contributed by atoms with E-state index in [2.05, 4.69) is 13.8 Å². The van der Waals surface area contributed by atoms with Gasteiger partial charge in [0, 0.05) is 18.6 Å². The maximum absolute atomic E-state index is 12.4. The fourth-order valence-corrected chi connectivity index (χ4v) is 4.15. The zero-order chi connectivity index (χ0) is 20.0. The molecule has 16 heteroatoms. The summed E-state index contributed by atoms with van der Waals surface area (Å²) >= 11 is 0. The van der Waals surface area contributed by atoms with E-state index in [0.717, 1.165) is 4.57 Å². The van der Waals surface area contributed by atoms with Gasteiger partial charge in [0.25, 0.3) is 0 Å². The molecular formula is C11H15N3O11P2. The molecule has 1 saturated heterocycles. The van der Waals surface area contributed by atoms with Crippen LogP contribution in [-0.2, 0) is 22.7 Å². The molecule has 0 aromatic carbocycles. The van der Waals surface area contributed by atoms with E-state index in [0.29, 0.717) is 5.65 Å². The summed E-state index contributed by atoms with van der Waals surface area (Å²) in [5.74, 6) is 0. The van der Waals surface area contributed by atoms with Crippen molar-refractivity contribution in [2.75, 3.05) is 6.61 Å². The lowest BCUT2D eigenvalue weighted by molar-refractivity contribution is -0.0543. The summed E-state index contributed by atoms with van der Waals surface area (Å²) in [7, 11) is -10.5. The molecule has 150 valence electrons. The Hall–Kier alpha value is -1.44. The molecule has 3 heterocycles. The molecule has 0 amide bonds. The first kappa shape index (κ1) is 20.3. The number of nitrogens with zero attached hydrogens (tertiary/aromatic N) is 3. The normalized spacial score (nSPS) is 28.5. The number of hydrogen-bond acceptors (Lipinski definition) is 9. The van der Waals surface area contributed by atoms with Crippen LogP contribution < -0.4 is 5.69 Å². The van der Waals surface area contributed by atoms with Crippen LogP contribution in [0.25, 0.3) is 5.65 Å². The van der Waals surface area contributed by atoms with Gasteiger partial charge in [-0.1, -0.05) is 0 Å². The Kier molecular flexibility index (Phi) is 5.40. The molecule has 1 aliphatic heterocycles. The van der Waals surface area contributed by atoms with Gasteiger partial charge in [0.05, 0.1) is 6.61 Å². The van der Waals surface area contributed by atoms with Crippen LogP contribution in [0.4, 0.5) is 0 Å². The number of hydrogen-bond donors (Lipinski definition) is 5. The molecule has 27 heavy (non-hydrogen) atoms. The quantitative estimate of drug-likeness (QED) is 0.329. The van der Waals surface area contributed by atoms with Crippen molar-refractivity contribution in [3.63, 3.8) is 0 Å². The van der Waals surface area contributed by atoms with Gasteiger partial charge in [-0.3, -0.25) is 13.5 Å². The minimum absolute atomic E-state index is 0.347. The average molecular weight is 427 g/mol. The van der Waals surface area contributed by atoms with E-state index >= 15 is 0 Å². The highest BCUT2D eigenvalue weighted by Gasteiger charge is 2.45. The summed E-state index contributed by atoms with van der Waals surface area (Å²) in [6.45, 7) is -0.857. The zero-order valence-electron chi connectivity index (χ0n) is 13.2. The zero-order valence-corrected chi connectivity index (χ0v) is 15.0. The van der Waals surface area contributed by atoms with Gasteiger partial charge in [0.1, 0.15) is 24.0 Å². The van der Waals surface area contributed by atoms with Crippen molar-refractivity contribution in [2.24, 2.45) is 0 Å². The largest absolute Gasteiger partial charge is 0.481 e. The van der Waals surface area contributed by atoms with Crippen molar-refractivity contribution in [3.8, 4) is 0 Å². The van der Waals surface area contributed by atoms with E-state index in [1.807, 2.05) is 0 Å². The van der Waals surface area contributed by atoms with Crippen LogP contribution in [0.2, 0.25) is 0 Å². The molecule has 0 aliphatic carbocycles. The number of phosphoric ester groups is 1. The number of ether oxygens (including phenoxy) is 1. The average Bonchev–Trinajstić information content (AvgIpc) is 3.11. The number of imidazole rings is 1. The second-order valence-corrected chi connectivity index (χ2v) is 8.37. The van der Waals surface area contributed by atoms with E-state index < -0.39 is 52.5 Å². The first-order valence-corrected chi connectivity index (χ1v) is 10.3. The maximum atomic E-state index is 12.4. The molecule has 14 nitrogen and oxygen atoms in total. The molecule has 5 N–H and O–H groups in total. The van der Waals surface area contributed by atoms with Crippen LogP contribution in [0, 0.1) is 0 Å². The summed E-state index contributed by atoms with van der Waals surface area (Å²) in [4.78, 5) is 42.6. The van der Waals surface area contributed by atoms with Crippen LogP contribution in [0.3, 0.4) is 0 Å². The minimum atomic E-state index is -5.30. The van der Waals surface area contributed by atoms with Crippen LogP contribution in [0.1, 0.15) is 6.23 Å². The summed E-state index contributed by atoms with van der Waals surface area (Å²) in [5.41, 5.74) is -0.277. The first-order valence-electron chi connectivity index (χ1n) is 7.28. The predicted molar refractivity (Wildman–Crippen MR) is 84.3 cm³/mol. The highest BCUT2D eigenvalue weighted by Crippen LogP contribution is 2.57. The van der Waals surface area contributed by atoms with Crippen molar-refractivity contribution in [3.05, 3.63) is 35.1 Å². The van der Waals surface area contributed by atoms with Crippen molar-refractivity contribution in [1.82, 2.24) is 14.0 Å². The number of aliphatic hydroxyl groups excluding tert-OH is 2. The molecule has 0 radical (unpaired) electrons. The van der Waals surface area contributed by atoms with Crippen LogP contribution in [-0.4, -0.2) is 63.8 Å². The van der Waals surface area contributed by atoms with Gasteiger partial charge < -0.3 is 29.6 Å². The number of aromatic nitrogens is 3. The first-order chi connectivity index (χ1) is 12.5. The Morgan fingerprint density at radius 3 is 2.56 bits per heavy atom. The van der Waals surface area contributed by atoms with E-state index in [9.17, 15) is 29.0 Å². The topological polar surface area (TPSA) is 202 Å². The standard InChI is InChI=1S/C11H15N3O11P2/c15-8-6(5-23-27(21,22)25-26(18,19)20)24-10(9(8)16)14-3-1-7-12-2-4-13(7)11(14)17/h1-4,6,8-10,15-16H,5H2,(H,21,22)(H2,18,19,20)/t6-,8-,9-,10-/m1/s1. The lowest BCUT2D eigenvalue weighted by Crippen LogP contribution is -2.36. The van der Waals surface area contributed by atoms with E-state index in [-0.39, 0.29) is 0 Å². The minimum Gasteiger partial charge on any atom is -0.387 e. The highest BCUT2D eigenvalue weighted by atomic mass is 31.3. The lowest BCUT2D eigenvalue weighted by Gasteiger charge is -2.18. The van der Waals surface area contributed by atoms with Crippen molar-refractivity contribution in [2.45, 2.75) is 24.5 Å². The maximum Gasteiger partial charge on any atom is 0.481 e. The molecule has 0 bridgehead atoms. The molecule has 0 saturated carbocycles. The van der Waals surface area contributed by atoms with Gasteiger partial charge in [-0.2, -0.15) is 4.31 Å². The van der Waals surface area contributed by atoms with Crippen LogP contribution in [0.15, 0.2) is 29.5 Å². The number of fused-ring (bicyclic) bond motifs is 1. The lowest BCUT2D eigenvalue weighted by atomic mass is 10.1. The third kappa shape index (κ3) is 4.36. The third-order valence-corrected chi connectivity index (χ3v) is 5.86. The molecule has 2 aromatic rings. The number of aliphatic hydroxyl groups is 2. The summed E-state index contributed by atoms with van der Waals surface area (Å²) in [6.07, 6.45) is -1.92. The molecule has 3 rings (SSSR count). The van der Waals surface area contributed by atoms with Gasteiger partial charge in [0.2, 0.25) is 0 Å². The van der Waals surface area contributed by atoms with Crippen LogP contribution >= 0.6 is 15.6 Å². The Balaban J connectivity index is 1.75. The summed E-state index contributed by atoms with van der Waals surface area (Å²) in [6, 6.07) is 1.46. The Bertz CT molecular complexity index is 983. The Morgan fingerprint density at radius 2 is 1.89 bits per heavy atom. The SMILES string of the molecule is O=c1n([C@@H]2O[C@H](COP(=O)(O)OP(=O)(O)O)[C@@H](O)[C@H]2O)ccc2nccn12. The predicted octanol–water partition coefficient (Wildman–Crippen LogP) is -1.66. The van der Waals surface area contributed by atoms with Gasteiger partial charge in [-0.15, -0.1) is 0 Å². The van der Waals surface area contributed by atoms with E-state index in [1.54, 1.807) is 0 Å². The second kappa shape index (κ2) is 7.18. The molecule has 1 aliphatic rings. The van der Waals surface area contributed by atoms with E-state index in [4.69, 9.17) is 14.5 Å². The van der Waals surface area contributed by atoms with E-state index in [1.165, 1.54) is 29.1 Å². The molecular weight excluding hydrogens is 412 g/mol. The fraction of sp³-hybridized carbons (Fsp3) is 0.455. The van der Waals surface area contributed by atoms with Gasteiger partial charge >= 0.3 is 21.3 Å². The summed E-state index contributed by atoms with van der Waals surface area (Å²) in [5, 5.41) is 20.2. The molecule has 1 unspecified atom stereocenters. The third-order valence-electron chi connectivity index (χ3n) is 3.70. The Labute approximate surface area is 150 Å². The van der Waals surface area contributed by atoms with Gasteiger partial charge in [-0.25, -0.2) is 18.9 Å². The van der Waals surface area contributed by atoms with Crippen molar-refractivity contribution >= 4 is 21.3 Å². The molecule has 5 atom stereocenters. The highest BCUT2D eigenvalue weighted by molar-refractivity contribution is 7.60. The van der Waals surface area contributed by atoms with Gasteiger partial charge in [0.15, 0.2) is 6.23 Å². The number of phosphoric acid groups is 2. The molecule has 1 fully saturated rings. The van der Waals surface area contributed by atoms with Crippen molar-refractivity contribution in [1.29, 1.82) is 0 Å². The van der Waals surface area contributed by atoms with Crippen molar-refractivity contribution < 1.29 is 47.6 Å². The second-order valence-electron chi connectivity index (χ2n) is 5.54. The van der Waals surface area contributed by atoms with Gasteiger partial charge in [-0.05, 0) is 6.07 Å².